The highest BCUT2D eigenvalue weighted by molar-refractivity contribution is 5.95. The van der Waals surface area contributed by atoms with E-state index in [1.807, 2.05) is 0 Å². The second-order valence-corrected chi connectivity index (χ2v) is 3.46. The molecule has 0 fully saturated rings. The Balaban J connectivity index is 4.35. The van der Waals surface area contributed by atoms with Crippen molar-refractivity contribution in [3.8, 4) is 0 Å². The third kappa shape index (κ3) is 6.64. The standard InChI is InChI=1S/C11H17NO6/c1-3-8(13)7-12(4-2)11(17)18-10(16)6-5-9(14)15/h5-6,8,13H,3-4,7H2,1-2H3,(H,14,15)/b6-5+. The van der Waals surface area contributed by atoms with Gasteiger partial charge in [0.25, 0.3) is 0 Å². The lowest BCUT2D eigenvalue weighted by Gasteiger charge is -2.21. The Bertz CT molecular complexity index is 338. The normalized spacial score (nSPS) is 12.2. The summed E-state index contributed by atoms with van der Waals surface area (Å²) < 4.78 is 4.39. The number of hydrogen-bond acceptors (Lipinski definition) is 5. The van der Waals surface area contributed by atoms with Crippen molar-refractivity contribution in [3.63, 3.8) is 0 Å². The molecule has 0 aromatic carbocycles. The van der Waals surface area contributed by atoms with E-state index in [4.69, 9.17) is 5.11 Å². The Morgan fingerprint density at radius 3 is 2.33 bits per heavy atom. The van der Waals surface area contributed by atoms with Crippen LogP contribution >= 0.6 is 0 Å². The number of ether oxygens (including phenoxy) is 1. The van der Waals surface area contributed by atoms with Crippen LogP contribution < -0.4 is 0 Å². The average Bonchev–Trinajstić information content (AvgIpc) is 2.32. The van der Waals surface area contributed by atoms with Gasteiger partial charge in [0.1, 0.15) is 0 Å². The molecule has 102 valence electrons. The predicted octanol–water partition coefficient (Wildman–Crippen LogP) is 0.383. The SMILES string of the molecule is CCC(O)CN(CC)C(=O)OC(=O)/C=C/C(=O)O. The van der Waals surface area contributed by atoms with Crippen molar-refractivity contribution >= 4 is 18.0 Å². The van der Waals surface area contributed by atoms with Crippen LogP contribution in [0.3, 0.4) is 0 Å². The molecule has 0 spiro atoms. The van der Waals surface area contributed by atoms with Crippen LogP contribution in [0.2, 0.25) is 0 Å². The quantitative estimate of drug-likeness (QED) is 0.406. The lowest BCUT2D eigenvalue weighted by Crippen LogP contribution is -2.38. The van der Waals surface area contributed by atoms with E-state index in [1.54, 1.807) is 13.8 Å². The van der Waals surface area contributed by atoms with E-state index in [2.05, 4.69) is 4.74 Å². The molecule has 0 saturated carbocycles. The minimum absolute atomic E-state index is 0.0573. The third-order valence-corrected chi connectivity index (χ3v) is 2.09. The molecule has 0 aromatic rings. The van der Waals surface area contributed by atoms with E-state index in [0.717, 1.165) is 4.90 Å². The van der Waals surface area contributed by atoms with E-state index in [9.17, 15) is 19.5 Å². The Labute approximate surface area is 105 Å². The highest BCUT2D eigenvalue weighted by Gasteiger charge is 2.18. The molecule has 1 amide bonds. The number of aliphatic hydroxyl groups is 1. The highest BCUT2D eigenvalue weighted by Crippen LogP contribution is 2.00. The van der Waals surface area contributed by atoms with E-state index in [1.165, 1.54) is 0 Å². The summed E-state index contributed by atoms with van der Waals surface area (Å²) in [7, 11) is 0. The van der Waals surface area contributed by atoms with Gasteiger partial charge < -0.3 is 19.8 Å². The Morgan fingerprint density at radius 2 is 1.89 bits per heavy atom. The van der Waals surface area contributed by atoms with Gasteiger partial charge in [-0.2, -0.15) is 0 Å². The lowest BCUT2D eigenvalue weighted by atomic mass is 10.2. The number of esters is 1. The third-order valence-electron chi connectivity index (χ3n) is 2.09. The number of carboxylic acids is 1. The van der Waals surface area contributed by atoms with Crippen LogP contribution in [0.25, 0.3) is 0 Å². The molecule has 0 saturated heterocycles. The molecule has 1 unspecified atom stereocenters. The maximum absolute atomic E-state index is 11.5. The number of carboxylic acid groups (broad SMARTS) is 1. The molecule has 0 aromatic heterocycles. The number of rotatable bonds is 6. The van der Waals surface area contributed by atoms with Crippen LogP contribution in [0, 0.1) is 0 Å². The molecular weight excluding hydrogens is 242 g/mol. The van der Waals surface area contributed by atoms with Gasteiger partial charge >= 0.3 is 18.0 Å². The van der Waals surface area contributed by atoms with Crippen LogP contribution in [-0.2, 0) is 14.3 Å². The van der Waals surface area contributed by atoms with Crippen LogP contribution in [0.15, 0.2) is 12.2 Å². The van der Waals surface area contributed by atoms with Crippen LogP contribution in [-0.4, -0.2) is 52.3 Å². The fourth-order valence-corrected chi connectivity index (χ4v) is 1.04. The first-order valence-corrected chi connectivity index (χ1v) is 5.50. The summed E-state index contributed by atoms with van der Waals surface area (Å²) in [5.74, 6) is -2.38. The molecule has 2 N–H and O–H groups in total. The fraction of sp³-hybridized carbons (Fsp3) is 0.545. The van der Waals surface area contributed by atoms with Crippen molar-refractivity contribution in [2.75, 3.05) is 13.1 Å². The van der Waals surface area contributed by atoms with Crippen LogP contribution in [0.4, 0.5) is 4.79 Å². The molecule has 0 heterocycles. The lowest BCUT2D eigenvalue weighted by molar-refractivity contribution is -0.135. The zero-order valence-electron chi connectivity index (χ0n) is 10.3. The Hall–Kier alpha value is -1.89. The smallest absolute Gasteiger partial charge is 0.417 e. The Morgan fingerprint density at radius 1 is 1.28 bits per heavy atom. The number of aliphatic hydroxyl groups excluding tert-OH is 1. The topological polar surface area (TPSA) is 104 Å². The zero-order chi connectivity index (χ0) is 14.1. The van der Waals surface area contributed by atoms with Crippen LogP contribution in [0.5, 0.6) is 0 Å². The first-order valence-electron chi connectivity index (χ1n) is 5.50. The number of nitrogens with zero attached hydrogens (tertiary/aromatic N) is 1. The van der Waals surface area contributed by atoms with Gasteiger partial charge in [0.05, 0.1) is 6.10 Å². The molecular formula is C11H17NO6. The van der Waals surface area contributed by atoms with E-state index < -0.39 is 24.1 Å². The maximum atomic E-state index is 11.5. The van der Waals surface area contributed by atoms with Crippen molar-refractivity contribution in [2.45, 2.75) is 26.4 Å². The molecule has 7 heteroatoms. The molecule has 7 nitrogen and oxygen atoms in total. The molecule has 1 atom stereocenters. The molecule has 0 aliphatic carbocycles. The summed E-state index contributed by atoms with van der Waals surface area (Å²) in [4.78, 5) is 33.8. The van der Waals surface area contributed by atoms with Crippen LogP contribution in [0.1, 0.15) is 20.3 Å². The van der Waals surface area contributed by atoms with Gasteiger partial charge in [0, 0.05) is 25.2 Å². The molecule has 18 heavy (non-hydrogen) atoms. The molecule has 0 aliphatic rings. The van der Waals surface area contributed by atoms with Crippen molar-refractivity contribution in [2.24, 2.45) is 0 Å². The predicted molar refractivity (Wildman–Crippen MR) is 61.8 cm³/mol. The summed E-state index contributed by atoms with van der Waals surface area (Å²) in [6.45, 7) is 3.75. The maximum Gasteiger partial charge on any atom is 0.417 e. The van der Waals surface area contributed by atoms with Gasteiger partial charge in [0.15, 0.2) is 0 Å². The molecule has 0 bridgehead atoms. The van der Waals surface area contributed by atoms with Gasteiger partial charge in [-0.05, 0) is 13.3 Å². The van der Waals surface area contributed by atoms with Crippen molar-refractivity contribution in [1.29, 1.82) is 0 Å². The summed E-state index contributed by atoms with van der Waals surface area (Å²) in [6.07, 6.45) is 0.0838. The minimum atomic E-state index is -1.31. The largest absolute Gasteiger partial charge is 0.478 e. The average molecular weight is 259 g/mol. The van der Waals surface area contributed by atoms with E-state index in [0.29, 0.717) is 18.6 Å². The Kier molecular flexibility index (Phi) is 7.37. The monoisotopic (exact) mass is 259 g/mol. The van der Waals surface area contributed by atoms with E-state index in [-0.39, 0.29) is 13.1 Å². The summed E-state index contributed by atoms with van der Waals surface area (Å²) in [6, 6.07) is 0. The van der Waals surface area contributed by atoms with Gasteiger partial charge in [-0.25, -0.2) is 14.4 Å². The summed E-state index contributed by atoms with van der Waals surface area (Å²) in [5, 5.41) is 17.7. The number of aliphatic carboxylic acids is 1. The summed E-state index contributed by atoms with van der Waals surface area (Å²) in [5.41, 5.74) is 0. The van der Waals surface area contributed by atoms with Crippen molar-refractivity contribution < 1.29 is 29.3 Å². The van der Waals surface area contributed by atoms with Crippen molar-refractivity contribution in [1.82, 2.24) is 4.90 Å². The van der Waals surface area contributed by atoms with Gasteiger partial charge in [-0.15, -0.1) is 0 Å². The number of hydrogen-bond donors (Lipinski definition) is 2. The van der Waals surface area contributed by atoms with Crippen molar-refractivity contribution in [3.05, 3.63) is 12.2 Å². The number of amides is 1. The highest BCUT2D eigenvalue weighted by atomic mass is 16.6. The first kappa shape index (κ1) is 16.1. The number of carbonyl (C=O) groups excluding carboxylic acids is 2. The summed E-state index contributed by atoms with van der Waals surface area (Å²) >= 11 is 0. The second kappa shape index (κ2) is 8.24. The van der Waals surface area contributed by atoms with Gasteiger partial charge in [0.2, 0.25) is 0 Å². The second-order valence-electron chi connectivity index (χ2n) is 3.46. The number of likely N-dealkylation sites (N-methyl/N-ethyl adjacent to an activating group) is 1. The van der Waals surface area contributed by atoms with Gasteiger partial charge in [-0.3, -0.25) is 0 Å². The van der Waals surface area contributed by atoms with Gasteiger partial charge in [-0.1, -0.05) is 6.92 Å². The molecule has 0 aliphatic heterocycles. The minimum Gasteiger partial charge on any atom is -0.478 e. The zero-order valence-corrected chi connectivity index (χ0v) is 10.3. The molecule has 0 rings (SSSR count). The first-order chi connectivity index (χ1) is 8.40. The van der Waals surface area contributed by atoms with E-state index >= 15 is 0 Å². The number of carbonyl (C=O) groups is 3. The fourth-order valence-electron chi connectivity index (χ4n) is 1.04. The molecule has 0 radical (unpaired) electrons.